The Hall–Kier alpha value is -2.50. The summed E-state index contributed by atoms with van der Waals surface area (Å²) in [5, 5.41) is 2.27. The van der Waals surface area contributed by atoms with Crippen LogP contribution in [0.1, 0.15) is 37.7 Å². The van der Waals surface area contributed by atoms with E-state index in [1.807, 2.05) is 24.3 Å². The molecular formula is C20H20F3NO2. The number of rotatable bonds is 6. The summed E-state index contributed by atoms with van der Waals surface area (Å²) in [4.78, 5) is 12.0. The summed E-state index contributed by atoms with van der Waals surface area (Å²) >= 11 is 0. The smallest absolute Gasteiger partial charge is 0.224 e. The molecular weight excluding hydrogens is 343 g/mol. The maximum atomic E-state index is 13.6. The molecule has 1 fully saturated rings. The van der Waals surface area contributed by atoms with Crippen molar-refractivity contribution in [2.45, 2.75) is 44.6 Å². The van der Waals surface area contributed by atoms with Gasteiger partial charge in [0.25, 0.3) is 0 Å². The van der Waals surface area contributed by atoms with E-state index in [1.54, 1.807) is 0 Å². The summed E-state index contributed by atoms with van der Waals surface area (Å²) in [5.74, 6) is -3.98. The predicted molar refractivity (Wildman–Crippen MR) is 92.6 cm³/mol. The van der Waals surface area contributed by atoms with Gasteiger partial charge in [-0.05, 0) is 61.9 Å². The molecule has 3 rings (SSSR count). The second kappa shape index (κ2) is 8.25. The van der Waals surface area contributed by atoms with Crippen LogP contribution in [0, 0.1) is 17.5 Å². The summed E-state index contributed by atoms with van der Waals surface area (Å²) in [6.07, 6.45) is 5.27. The van der Waals surface area contributed by atoms with Crippen LogP contribution in [0.4, 0.5) is 18.9 Å². The zero-order chi connectivity index (χ0) is 18.5. The Morgan fingerprint density at radius 1 is 1.08 bits per heavy atom. The molecule has 1 amide bonds. The normalized spacial score (nSPS) is 14.4. The predicted octanol–water partition coefficient (Wildman–Crippen LogP) is 5.00. The van der Waals surface area contributed by atoms with Crippen LogP contribution in [0.3, 0.4) is 0 Å². The zero-order valence-corrected chi connectivity index (χ0v) is 14.2. The van der Waals surface area contributed by atoms with Crippen molar-refractivity contribution in [3.05, 3.63) is 59.4 Å². The first kappa shape index (κ1) is 18.3. The number of carbonyl (C=O) groups excluding carboxylic acids is 1. The van der Waals surface area contributed by atoms with Gasteiger partial charge in [-0.1, -0.05) is 12.1 Å². The van der Waals surface area contributed by atoms with E-state index in [9.17, 15) is 18.0 Å². The van der Waals surface area contributed by atoms with Gasteiger partial charge in [-0.3, -0.25) is 4.79 Å². The van der Waals surface area contributed by atoms with Crippen molar-refractivity contribution in [3.63, 3.8) is 0 Å². The largest absolute Gasteiger partial charge is 0.490 e. The molecule has 0 aromatic heterocycles. The molecule has 0 atom stereocenters. The quantitative estimate of drug-likeness (QED) is 0.734. The lowest BCUT2D eigenvalue weighted by atomic mass is 10.1. The summed E-state index contributed by atoms with van der Waals surface area (Å²) in [7, 11) is 0. The van der Waals surface area contributed by atoms with Crippen molar-refractivity contribution in [1.29, 1.82) is 0 Å². The Kier molecular flexibility index (Phi) is 5.81. The third kappa shape index (κ3) is 4.56. The van der Waals surface area contributed by atoms with Gasteiger partial charge in [0.2, 0.25) is 5.91 Å². The lowest BCUT2D eigenvalue weighted by Gasteiger charge is -2.14. The minimum atomic E-state index is -1.60. The second-order valence-electron chi connectivity index (χ2n) is 6.44. The molecule has 26 heavy (non-hydrogen) atoms. The molecule has 0 aliphatic heterocycles. The average Bonchev–Trinajstić information content (AvgIpc) is 3.14. The number of nitrogens with one attached hydrogen (secondary N) is 1. The van der Waals surface area contributed by atoms with Crippen molar-refractivity contribution in [1.82, 2.24) is 0 Å². The van der Waals surface area contributed by atoms with E-state index in [4.69, 9.17) is 4.74 Å². The molecule has 2 aromatic rings. The molecule has 0 heterocycles. The topological polar surface area (TPSA) is 38.3 Å². The van der Waals surface area contributed by atoms with Gasteiger partial charge in [0.15, 0.2) is 17.5 Å². The van der Waals surface area contributed by atoms with Gasteiger partial charge >= 0.3 is 0 Å². The number of ether oxygens (including phenoxy) is 1. The minimum absolute atomic E-state index is 0.0886. The van der Waals surface area contributed by atoms with Gasteiger partial charge in [-0.25, -0.2) is 13.2 Å². The Balaban J connectivity index is 1.55. The zero-order valence-electron chi connectivity index (χ0n) is 14.2. The van der Waals surface area contributed by atoms with Crippen LogP contribution in [-0.4, -0.2) is 12.0 Å². The van der Waals surface area contributed by atoms with Gasteiger partial charge < -0.3 is 10.1 Å². The average molecular weight is 363 g/mol. The molecule has 0 radical (unpaired) electrons. The fourth-order valence-corrected chi connectivity index (χ4v) is 3.07. The molecule has 0 saturated heterocycles. The van der Waals surface area contributed by atoms with Gasteiger partial charge in [-0.15, -0.1) is 0 Å². The van der Waals surface area contributed by atoms with Crippen LogP contribution in [0.2, 0.25) is 0 Å². The fraction of sp³-hybridized carbons (Fsp3) is 0.350. The first-order valence-electron chi connectivity index (χ1n) is 8.72. The maximum Gasteiger partial charge on any atom is 0.224 e. The lowest BCUT2D eigenvalue weighted by molar-refractivity contribution is -0.116. The van der Waals surface area contributed by atoms with Crippen LogP contribution in [0.25, 0.3) is 0 Å². The molecule has 1 aliphatic carbocycles. The molecule has 3 nitrogen and oxygen atoms in total. The summed E-state index contributed by atoms with van der Waals surface area (Å²) in [5.41, 5.74) is 0.550. The summed E-state index contributed by atoms with van der Waals surface area (Å²) in [6, 6.07) is 9.31. The number of hydrogen-bond acceptors (Lipinski definition) is 2. The van der Waals surface area contributed by atoms with Gasteiger partial charge in [0, 0.05) is 6.42 Å². The van der Waals surface area contributed by atoms with Crippen molar-refractivity contribution in [2.24, 2.45) is 0 Å². The van der Waals surface area contributed by atoms with Crippen LogP contribution >= 0.6 is 0 Å². The van der Waals surface area contributed by atoms with E-state index in [1.165, 1.54) is 12.8 Å². The Bertz CT molecular complexity index is 789. The Morgan fingerprint density at radius 2 is 1.85 bits per heavy atom. The number of benzene rings is 2. The number of amides is 1. The Labute approximate surface area is 150 Å². The highest BCUT2D eigenvalue weighted by molar-refractivity contribution is 5.90. The summed E-state index contributed by atoms with van der Waals surface area (Å²) < 4.78 is 45.6. The third-order valence-electron chi connectivity index (χ3n) is 4.45. The van der Waals surface area contributed by atoms with Crippen molar-refractivity contribution in [3.8, 4) is 5.75 Å². The lowest BCUT2D eigenvalue weighted by Crippen LogP contribution is -2.14. The molecule has 0 bridgehead atoms. The second-order valence-corrected chi connectivity index (χ2v) is 6.44. The highest BCUT2D eigenvalue weighted by atomic mass is 19.2. The molecule has 1 N–H and O–H groups in total. The highest BCUT2D eigenvalue weighted by Gasteiger charge is 2.17. The number of aryl methyl sites for hydroxylation is 1. The van der Waals surface area contributed by atoms with Crippen LogP contribution < -0.4 is 10.1 Å². The molecule has 0 spiro atoms. The minimum Gasteiger partial charge on any atom is -0.490 e. The SMILES string of the molecule is O=C(CCc1cccc(OC2CCCC2)c1)Nc1ccc(F)c(F)c1F. The molecule has 138 valence electrons. The third-order valence-corrected chi connectivity index (χ3v) is 4.45. The van der Waals surface area contributed by atoms with Gasteiger partial charge in [-0.2, -0.15) is 0 Å². The van der Waals surface area contributed by atoms with Crippen molar-refractivity contribution >= 4 is 11.6 Å². The summed E-state index contributed by atoms with van der Waals surface area (Å²) in [6.45, 7) is 0. The monoisotopic (exact) mass is 363 g/mol. The van der Waals surface area contributed by atoms with Crippen LogP contribution in [0.15, 0.2) is 36.4 Å². The molecule has 1 saturated carbocycles. The maximum absolute atomic E-state index is 13.6. The molecule has 6 heteroatoms. The van der Waals surface area contributed by atoms with E-state index in [0.717, 1.165) is 36.3 Å². The number of hydrogen-bond donors (Lipinski definition) is 1. The Morgan fingerprint density at radius 3 is 2.62 bits per heavy atom. The number of halogens is 3. The van der Waals surface area contributed by atoms with Gasteiger partial charge in [0.1, 0.15) is 5.75 Å². The first-order chi connectivity index (χ1) is 12.5. The van der Waals surface area contributed by atoms with E-state index in [2.05, 4.69) is 5.32 Å². The molecule has 0 unspecified atom stereocenters. The standard InChI is InChI=1S/C20H20F3NO2/c21-16-9-10-17(20(23)19(16)22)24-18(25)11-8-13-4-3-7-15(12-13)26-14-5-1-2-6-14/h3-4,7,9-10,12,14H,1-2,5-6,8,11H2,(H,24,25). The first-order valence-corrected chi connectivity index (χ1v) is 8.72. The van der Waals surface area contributed by atoms with E-state index < -0.39 is 23.4 Å². The van der Waals surface area contributed by atoms with Crippen LogP contribution in [0.5, 0.6) is 5.75 Å². The number of carbonyl (C=O) groups is 1. The number of anilines is 1. The fourth-order valence-electron chi connectivity index (χ4n) is 3.07. The van der Waals surface area contributed by atoms with E-state index >= 15 is 0 Å². The molecule has 2 aromatic carbocycles. The van der Waals surface area contributed by atoms with Crippen LogP contribution in [-0.2, 0) is 11.2 Å². The van der Waals surface area contributed by atoms with Crippen molar-refractivity contribution < 1.29 is 22.7 Å². The molecule has 1 aliphatic rings. The van der Waals surface area contributed by atoms with E-state index in [0.29, 0.717) is 6.42 Å². The highest BCUT2D eigenvalue weighted by Crippen LogP contribution is 2.25. The van der Waals surface area contributed by atoms with Gasteiger partial charge in [0.05, 0.1) is 11.8 Å². The van der Waals surface area contributed by atoms with E-state index in [-0.39, 0.29) is 18.2 Å². The van der Waals surface area contributed by atoms with Crippen molar-refractivity contribution in [2.75, 3.05) is 5.32 Å².